The molecule has 0 radical (unpaired) electrons. The molecule has 1 spiro atoms. The maximum absolute atomic E-state index is 12.3. The zero-order chi connectivity index (χ0) is 16.7. The van der Waals surface area contributed by atoms with Gasteiger partial charge in [-0.15, -0.1) is 0 Å². The van der Waals surface area contributed by atoms with E-state index in [1.54, 1.807) is 7.11 Å². The van der Waals surface area contributed by atoms with E-state index in [0.29, 0.717) is 29.8 Å². The number of hydrogen-bond acceptors (Lipinski definition) is 3. The molecule has 0 aliphatic heterocycles. The van der Waals surface area contributed by atoms with Gasteiger partial charge in [0.15, 0.2) is 0 Å². The van der Waals surface area contributed by atoms with Gasteiger partial charge < -0.3 is 9.47 Å². The van der Waals surface area contributed by atoms with Crippen molar-refractivity contribution in [2.24, 2.45) is 22.7 Å². The summed E-state index contributed by atoms with van der Waals surface area (Å²) >= 11 is 0. The number of Topliss-reactive ketones (excluding diaryl/α,β-unsaturated/α-hetero) is 1. The second kappa shape index (κ2) is 6.00. The highest BCUT2D eigenvalue weighted by Gasteiger charge is 2.69. The van der Waals surface area contributed by atoms with Gasteiger partial charge in [0, 0.05) is 19.4 Å². The highest BCUT2D eigenvalue weighted by atomic mass is 16.7. The molecular formula is C20H32O3. The van der Waals surface area contributed by atoms with Gasteiger partial charge in [0.25, 0.3) is 0 Å². The average Bonchev–Trinajstić information content (AvgIpc) is 3.11. The first-order chi connectivity index (χ1) is 10.8. The minimum absolute atomic E-state index is 0.183. The summed E-state index contributed by atoms with van der Waals surface area (Å²) < 4.78 is 10.7. The third-order valence-electron chi connectivity index (χ3n) is 6.97. The number of methoxy groups -OCH3 is 1. The topological polar surface area (TPSA) is 35.5 Å². The average molecular weight is 320 g/mol. The molecule has 0 aromatic carbocycles. The number of allylic oxidation sites excluding steroid dienone is 1. The zero-order valence-electron chi connectivity index (χ0n) is 15.2. The molecular weight excluding hydrogens is 288 g/mol. The summed E-state index contributed by atoms with van der Waals surface area (Å²) in [6.45, 7) is 6.95. The van der Waals surface area contributed by atoms with E-state index < -0.39 is 0 Å². The molecule has 3 aliphatic carbocycles. The van der Waals surface area contributed by atoms with E-state index in [2.05, 4.69) is 32.9 Å². The highest BCUT2D eigenvalue weighted by molar-refractivity contribution is 5.83. The molecule has 3 fully saturated rings. The smallest absolute Gasteiger partial charge is 0.147 e. The lowest BCUT2D eigenvalue weighted by Crippen LogP contribution is -2.38. The van der Waals surface area contributed by atoms with Crippen LogP contribution in [0.2, 0.25) is 0 Å². The van der Waals surface area contributed by atoms with Crippen molar-refractivity contribution in [3.63, 3.8) is 0 Å². The Labute approximate surface area is 140 Å². The molecule has 23 heavy (non-hydrogen) atoms. The standard InChI is InChI=1S/C20H32O3/c1-18(2,23-14-22-4)10-5-7-15-13-20(15)12-9-16-17(21)8-6-11-19(16,20)3/h5,7,15-16H,6,8-14H2,1-4H3/b7-5-/t15-,16+,19+,20+/m1/s1. The van der Waals surface area contributed by atoms with Gasteiger partial charge in [-0.2, -0.15) is 0 Å². The molecule has 0 saturated heterocycles. The summed E-state index contributed by atoms with van der Waals surface area (Å²) in [5.41, 5.74) is 0.499. The normalized spacial score (nSPS) is 40.1. The van der Waals surface area contributed by atoms with Crippen molar-refractivity contribution < 1.29 is 14.3 Å². The van der Waals surface area contributed by atoms with Crippen LogP contribution in [-0.2, 0) is 14.3 Å². The molecule has 3 heteroatoms. The van der Waals surface area contributed by atoms with Crippen molar-refractivity contribution >= 4 is 5.78 Å². The van der Waals surface area contributed by atoms with E-state index in [4.69, 9.17) is 9.47 Å². The zero-order valence-corrected chi connectivity index (χ0v) is 15.2. The van der Waals surface area contributed by atoms with Crippen LogP contribution in [0.5, 0.6) is 0 Å². The Hall–Kier alpha value is -0.670. The Kier molecular flexibility index (Phi) is 4.48. The molecule has 0 amide bonds. The van der Waals surface area contributed by atoms with Gasteiger partial charge in [-0.25, -0.2) is 0 Å². The largest absolute Gasteiger partial charge is 0.359 e. The van der Waals surface area contributed by atoms with Gasteiger partial charge in [-0.1, -0.05) is 19.1 Å². The third kappa shape index (κ3) is 2.91. The highest BCUT2D eigenvalue weighted by Crippen LogP contribution is 2.75. The molecule has 3 saturated carbocycles. The van der Waals surface area contributed by atoms with E-state index in [-0.39, 0.29) is 11.0 Å². The van der Waals surface area contributed by atoms with E-state index in [0.717, 1.165) is 25.7 Å². The lowest BCUT2D eigenvalue weighted by atomic mass is 9.62. The van der Waals surface area contributed by atoms with Gasteiger partial charge >= 0.3 is 0 Å². The van der Waals surface area contributed by atoms with Crippen LogP contribution in [0.1, 0.15) is 65.7 Å². The summed E-state index contributed by atoms with van der Waals surface area (Å²) in [6.07, 6.45) is 12.4. The van der Waals surface area contributed by atoms with Crippen LogP contribution in [0.4, 0.5) is 0 Å². The maximum Gasteiger partial charge on any atom is 0.147 e. The van der Waals surface area contributed by atoms with Gasteiger partial charge in [0.2, 0.25) is 0 Å². The van der Waals surface area contributed by atoms with Gasteiger partial charge in [-0.05, 0) is 69.1 Å². The van der Waals surface area contributed by atoms with Crippen molar-refractivity contribution in [2.75, 3.05) is 13.9 Å². The van der Waals surface area contributed by atoms with Crippen LogP contribution in [0.3, 0.4) is 0 Å². The molecule has 0 aromatic rings. The monoisotopic (exact) mass is 320 g/mol. The van der Waals surface area contributed by atoms with Gasteiger partial charge in [0.05, 0.1) is 5.60 Å². The van der Waals surface area contributed by atoms with Gasteiger partial charge in [0.1, 0.15) is 12.6 Å². The Balaban J connectivity index is 1.60. The van der Waals surface area contributed by atoms with Crippen LogP contribution in [0, 0.1) is 22.7 Å². The van der Waals surface area contributed by atoms with Crippen LogP contribution in [-0.4, -0.2) is 25.3 Å². The van der Waals surface area contributed by atoms with Crippen LogP contribution in [0.25, 0.3) is 0 Å². The molecule has 0 bridgehead atoms. The first kappa shape index (κ1) is 17.2. The van der Waals surface area contributed by atoms with Gasteiger partial charge in [-0.3, -0.25) is 4.79 Å². The van der Waals surface area contributed by atoms with Crippen LogP contribution in [0.15, 0.2) is 12.2 Å². The summed E-state index contributed by atoms with van der Waals surface area (Å²) in [4.78, 5) is 12.3. The predicted molar refractivity (Wildman–Crippen MR) is 91.0 cm³/mol. The Morgan fingerprint density at radius 2 is 2.13 bits per heavy atom. The molecule has 3 rings (SSSR count). The molecule has 4 atom stereocenters. The van der Waals surface area contributed by atoms with Crippen LogP contribution < -0.4 is 0 Å². The summed E-state index contributed by atoms with van der Waals surface area (Å²) in [5.74, 6) is 1.55. The summed E-state index contributed by atoms with van der Waals surface area (Å²) in [6, 6.07) is 0. The van der Waals surface area contributed by atoms with E-state index >= 15 is 0 Å². The minimum Gasteiger partial charge on any atom is -0.359 e. The third-order valence-corrected chi connectivity index (χ3v) is 6.97. The van der Waals surface area contributed by atoms with Crippen molar-refractivity contribution in [1.82, 2.24) is 0 Å². The summed E-state index contributed by atoms with van der Waals surface area (Å²) in [5, 5.41) is 0. The van der Waals surface area contributed by atoms with Crippen molar-refractivity contribution in [1.29, 1.82) is 0 Å². The number of ketones is 1. The molecule has 130 valence electrons. The van der Waals surface area contributed by atoms with E-state index in [1.165, 1.54) is 19.3 Å². The Morgan fingerprint density at radius 1 is 1.35 bits per heavy atom. The fourth-order valence-corrected chi connectivity index (χ4v) is 5.42. The second-order valence-corrected chi connectivity index (χ2v) is 8.74. The van der Waals surface area contributed by atoms with E-state index in [9.17, 15) is 4.79 Å². The quantitative estimate of drug-likeness (QED) is 0.533. The second-order valence-electron chi connectivity index (χ2n) is 8.74. The van der Waals surface area contributed by atoms with Crippen molar-refractivity contribution in [2.45, 2.75) is 71.3 Å². The Morgan fingerprint density at radius 3 is 2.87 bits per heavy atom. The Bertz CT molecular complexity index is 495. The number of carbonyl (C=O) groups is 1. The number of rotatable bonds is 6. The fourth-order valence-electron chi connectivity index (χ4n) is 5.42. The predicted octanol–water partition coefficient (Wildman–Crippen LogP) is 4.51. The first-order valence-corrected chi connectivity index (χ1v) is 9.17. The molecule has 0 aromatic heterocycles. The first-order valence-electron chi connectivity index (χ1n) is 9.17. The number of ether oxygens (including phenoxy) is 2. The molecule has 0 N–H and O–H groups in total. The molecule has 3 aliphatic rings. The number of carbonyl (C=O) groups excluding carboxylic acids is 1. The molecule has 3 nitrogen and oxygen atoms in total. The van der Waals surface area contributed by atoms with Crippen molar-refractivity contribution in [3.8, 4) is 0 Å². The maximum atomic E-state index is 12.3. The van der Waals surface area contributed by atoms with Crippen LogP contribution >= 0.6 is 0 Å². The lowest BCUT2D eigenvalue weighted by Gasteiger charge is -2.41. The van der Waals surface area contributed by atoms with E-state index in [1.807, 2.05) is 0 Å². The number of hydrogen-bond donors (Lipinski definition) is 0. The number of fused-ring (bicyclic) bond motifs is 2. The lowest BCUT2D eigenvalue weighted by molar-refractivity contribution is -0.130. The minimum atomic E-state index is -0.183. The van der Waals surface area contributed by atoms with Crippen molar-refractivity contribution in [3.05, 3.63) is 12.2 Å². The summed E-state index contributed by atoms with van der Waals surface area (Å²) in [7, 11) is 1.66. The molecule has 0 heterocycles. The SMILES string of the molecule is COCOC(C)(C)C/C=C\[C@@H]1C[C@@]12CC[C@H]1C(=O)CCC[C@@]12C. The fraction of sp³-hybridized carbons (Fsp3) is 0.850. The molecule has 0 unspecified atom stereocenters.